The molecular weight excluding hydrogens is 324 g/mol. The predicted molar refractivity (Wildman–Crippen MR) is 91.9 cm³/mol. The topological polar surface area (TPSA) is 102 Å². The van der Waals surface area contributed by atoms with Gasteiger partial charge in [-0.1, -0.05) is 0 Å². The first kappa shape index (κ1) is 16.7. The van der Waals surface area contributed by atoms with Crippen LogP contribution in [0.15, 0.2) is 45.7 Å². The molecule has 7 nitrogen and oxygen atoms in total. The van der Waals surface area contributed by atoms with Crippen molar-refractivity contribution in [3.8, 4) is 5.75 Å². The van der Waals surface area contributed by atoms with Gasteiger partial charge in [0.15, 0.2) is 5.58 Å². The number of aromatic nitrogens is 1. The second kappa shape index (κ2) is 6.74. The van der Waals surface area contributed by atoms with Crippen LogP contribution in [0.2, 0.25) is 0 Å². The second-order valence-electron chi connectivity index (χ2n) is 5.40. The third-order valence-corrected chi connectivity index (χ3v) is 3.80. The lowest BCUT2D eigenvalue weighted by atomic mass is 10.1. The number of hydrogen-bond acceptors (Lipinski definition) is 6. The molecule has 0 fully saturated rings. The van der Waals surface area contributed by atoms with E-state index in [1.807, 2.05) is 0 Å². The zero-order chi connectivity index (χ0) is 18.0. The largest absolute Gasteiger partial charge is 0.497 e. The first-order valence-corrected chi connectivity index (χ1v) is 7.52. The number of pyridine rings is 1. The Kier molecular flexibility index (Phi) is 4.49. The van der Waals surface area contributed by atoms with Crippen molar-refractivity contribution >= 4 is 22.6 Å². The van der Waals surface area contributed by atoms with Gasteiger partial charge in [0.25, 0.3) is 5.91 Å². The summed E-state index contributed by atoms with van der Waals surface area (Å²) in [5.41, 5.74) is 0.840. The van der Waals surface area contributed by atoms with Crippen molar-refractivity contribution in [2.75, 3.05) is 12.4 Å². The van der Waals surface area contributed by atoms with E-state index in [0.29, 0.717) is 28.1 Å². The van der Waals surface area contributed by atoms with E-state index in [9.17, 15) is 14.7 Å². The van der Waals surface area contributed by atoms with Gasteiger partial charge in [-0.2, -0.15) is 0 Å². The van der Waals surface area contributed by atoms with Crippen molar-refractivity contribution in [2.24, 2.45) is 0 Å². The molecule has 0 aliphatic heterocycles. The molecule has 2 aromatic heterocycles. The number of anilines is 1. The van der Waals surface area contributed by atoms with Crippen LogP contribution in [0, 0.1) is 6.92 Å². The lowest BCUT2D eigenvalue weighted by Gasteiger charge is -2.08. The number of aliphatic hydroxyl groups is 1. The van der Waals surface area contributed by atoms with Gasteiger partial charge >= 0.3 is 5.63 Å². The molecule has 0 saturated carbocycles. The van der Waals surface area contributed by atoms with Gasteiger partial charge in [0.1, 0.15) is 11.3 Å². The number of rotatable bonds is 4. The van der Waals surface area contributed by atoms with Crippen LogP contribution in [0.25, 0.3) is 11.0 Å². The third-order valence-electron chi connectivity index (χ3n) is 3.80. The Morgan fingerprint density at radius 3 is 2.68 bits per heavy atom. The minimum atomic E-state index is -0.765. The van der Waals surface area contributed by atoms with Crippen LogP contribution in [0.5, 0.6) is 5.75 Å². The van der Waals surface area contributed by atoms with E-state index >= 15 is 0 Å². The first-order valence-electron chi connectivity index (χ1n) is 7.52. The molecule has 0 aliphatic rings. The molecule has 0 saturated heterocycles. The summed E-state index contributed by atoms with van der Waals surface area (Å²) in [4.78, 5) is 28.7. The highest BCUT2D eigenvalue weighted by Gasteiger charge is 2.17. The maximum absolute atomic E-state index is 12.4. The summed E-state index contributed by atoms with van der Waals surface area (Å²) in [6, 6.07) is 8.12. The summed E-state index contributed by atoms with van der Waals surface area (Å²) < 4.78 is 10.3. The average Bonchev–Trinajstić information content (AvgIpc) is 2.62. The number of benzene rings is 1. The number of hydrogen-bond donors (Lipinski definition) is 2. The molecule has 7 heteroatoms. The van der Waals surface area contributed by atoms with Crippen molar-refractivity contribution in [2.45, 2.75) is 13.5 Å². The van der Waals surface area contributed by atoms with Crippen molar-refractivity contribution < 1.29 is 19.1 Å². The molecule has 0 radical (unpaired) electrons. The Hall–Kier alpha value is -3.19. The highest BCUT2D eigenvalue weighted by Crippen LogP contribution is 2.21. The standard InChI is InChI=1S/C18H16N2O5/c1-10-16-14(11(9-21)8-19-10)7-15(18(23)25-16)17(22)20-12-3-5-13(24-2)6-4-12/h3-8,21H,9H2,1-2H3,(H,20,22). The van der Waals surface area contributed by atoms with Crippen molar-refractivity contribution in [3.05, 3.63) is 63.8 Å². The summed E-state index contributed by atoms with van der Waals surface area (Å²) in [6.45, 7) is 1.40. The molecule has 25 heavy (non-hydrogen) atoms. The summed E-state index contributed by atoms with van der Waals surface area (Å²) >= 11 is 0. The zero-order valence-electron chi connectivity index (χ0n) is 13.7. The highest BCUT2D eigenvalue weighted by atomic mass is 16.5. The van der Waals surface area contributed by atoms with Crippen molar-refractivity contribution in [1.82, 2.24) is 4.98 Å². The Morgan fingerprint density at radius 1 is 1.32 bits per heavy atom. The monoisotopic (exact) mass is 340 g/mol. The molecule has 1 aromatic carbocycles. The van der Waals surface area contributed by atoms with Crippen LogP contribution in [-0.2, 0) is 6.61 Å². The average molecular weight is 340 g/mol. The smallest absolute Gasteiger partial charge is 0.349 e. The van der Waals surface area contributed by atoms with Crippen LogP contribution >= 0.6 is 0 Å². The zero-order valence-corrected chi connectivity index (χ0v) is 13.7. The number of carbonyl (C=O) groups is 1. The number of ether oxygens (including phenoxy) is 1. The van der Waals surface area contributed by atoms with Gasteiger partial charge in [0, 0.05) is 22.8 Å². The van der Waals surface area contributed by atoms with E-state index in [4.69, 9.17) is 9.15 Å². The van der Waals surface area contributed by atoms with Gasteiger partial charge in [-0.25, -0.2) is 4.79 Å². The normalized spacial score (nSPS) is 10.7. The number of fused-ring (bicyclic) bond motifs is 1. The maximum Gasteiger partial charge on any atom is 0.349 e. The number of nitrogens with zero attached hydrogens (tertiary/aromatic N) is 1. The summed E-state index contributed by atoms with van der Waals surface area (Å²) in [5.74, 6) is 0.0537. The minimum absolute atomic E-state index is 0.149. The van der Waals surface area contributed by atoms with E-state index < -0.39 is 11.5 Å². The Labute approximate surface area is 142 Å². The van der Waals surface area contributed by atoms with Crippen molar-refractivity contribution in [3.63, 3.8) is 0 Å². The summed E-state index contributed by atoms with van der Waals surface area (Å²) in [7, 11) is 1.55. The Balaban J connectivity index is 2.00. The Morgan fingerprint density at radius 2 is 2.04 bits per heavy atom. The van der Waals surface area contributed by atoms with Crippen LogP contribution in [0.3, 0.4) is 0 Å². The molecule has 2 heterocycles. The lowest BCUT2D eigenvalue weighted by Crippen LogP contribution is -2.21. The number of nitrogens with one attached hydrogen (secondary N) is 1. The molecular formula is C18H16N2O5. The van der Waals surface area contributed by atoms with E-state index in [-0.39, 0.29) is 17.8 Å². The fourth-order valence-electron chi connectivity index (χ4n) is 2.44. The second-order valence-corrected chi connectivity index (χ2v) is 5.40. The summed E-state index contributed by atoms with van der Waals surface area (Å²) in [6.07, 6.45) is 1.49. The van der Waals surface area contributed by atoms with Gasteiger partial charge < -0.3 is 19.6 Å². The van der Waals surface area contributed by atoms with E-state index in [2.05, 4.69) is 10.3 Å². The molecule has 0 aliphatic carbocycles. The molecule has 0 atom stereocenters. The van der Waals surface area contributed by atoms with Gasteiger partial charge in [0.2, 0.25) is 0 Å². The molecule has 3 aromatic rings. The molecule has 3 rings (SSSR count). The number of amides is 1. The van der Waals surface area contributed by atoms with Gasteiger partial charge in [-0.3, -0.25) is 9.78 Å². The number of aliphatic hydroxyl groups excluding tert-OH is 1. The minimum Gasteiger partial charge on any atom is -0.497 e. The quantitative estimate of drug-likeness (QED) is 0.755. The van der Waals surface area contributed by atoms with Gasteiger partial charge in [0.05, 0.1) is 19.4 Å². The van der Waals surface area contributed by atoms with Crippen LogP contribution < -0.4 is 15.7 Å². The lowest BCUT2D eigenvalue weighted by molar-refractivity contribution is 0.102. The Bertz CT molecular complexity index is 993. The van der Waals surface area contributed by atoms with E-state index in [1.165, 1.54) is 12.3 Å². The fourth-order valence-corrected chi connectivity index (χ4v) is 2.44. The van der Waals surface area contributed by atoms with Crippen molar-refractivity contribution in [1.29, 1.82) is 0 Å². The first-order chi connectivity index (χ1) is 12.0. The molecule has 0 bridgehead atoms. The maximum atomic E-state index is 12.4. The summed E-state index contributed by atoms with van der Waals surface area (Å²) in [5, 5.41) is 12.6. The van der Waals surface area contributed by atoms with Gasteiger partial charge in [-0.05, 0) is 37.3 Å². The molecule has 0 spiro atoms. The van der Waals surface area contributed by atoms with E-state index in [1.54, 1.807) is 38.3 Å². The van der Waals surface area contributed by atoms with Gasteiger partial charge in [-0.15, -0.1) is 0 Å². The predicted octanol–water partition coefficient (Wildman–Crippen LogP) is 2.25. The molecule has 1 amide bonds. The highest BCUT2D eigenvalue weighted by molar-refractivity contribution is 6.05. The fraction of sp³-hybridized carbons (Fsp3) is 0.167. The van der Waals surface area contributed by atoms with E-state index in [0.717, 1.165) is 0 Å². The molecule has 0 unspecified atom stereocenters. The number of carbonyl (C=O) groups excluding carboxylic acids is 1. The van der Waals surface area contributed by atoms with Crippen LogP contribution in [0.1, 0.15) is 21.6 Å². The molecule has 128 valence electrons. The third kappa shape index (κ3) is 3.22. The number of methoxy groups -OCH3 is 1. The SMILES string of the molecule is COc1ccc(NC(=O)c2cc3c(CO)cnc(C)c3oc2=O)cc1. The van der Waals surface area contributed by atoms with Crippen LogP contribution in [-0.4, -0.2) is 23.1 Å². The number of aryl methyl sites for hydroxylation is 1. The molecule has 2 N–H and O–H groups in total. The van der Waals surface area contributed by atoms with Crippen LogP contribution in [0.4, 0.5) is 5.69 Å².